The van der Waals surface area contributed by atoms with Crippen molar-refractivity contribution in [3.05, 3.63) is 71.7 Å². The van der Waals surface area contributed by atoms with Crippen LogP contribution in [-0.2, 0) is 17.9 Å². The maximum Gasteiger partial charge on any atom is 0.253 e. The molecule has 1 spiro atoms. The highest BCUT2D eigenvalue weighted by Crippen LogP contribution is 2.36. The first-order valence-electron chi connectivity index (χ1n) is 10.3. The molecule has 1 fully saturated rings. The van der Waals surface area contributed by atoms with E-state index in [-0.39, 0.29) is 11.5 Å². The number of ether oxygens (including phenoxy) is 2. The molecule has 2 aliphatic rings. The Hall–Kier alpha value is -3.12. The molecule has 30 heavy (non-hydrogen) atoms. The van der Waals surface area contributed by atoms with Crippen LogP contribution in [0.5, 0.6) is 5.75 Å². The molecule has 6 heteroatoms. The molecule has 0 unspecified atom stereocenters. The van der Waals surface area contributed by atoms with Crippen molar-refractivity contribution in [2.45, 2.75) is 32.1 Å². The molecule has 1 saturated heterocycles. The summed E-state index contributed by atoms with van der Waals surface area (Å²) >= 11 is 0. The number of benzene rings is 2. The van der Waals surface area contributed by atoms with Gasteiger partial charge in [0.25, 0.3) is 5.91 Å². The minimum absolute atomic E-state index is 0.0750. The summed E-state index contributed by atoms with van der Waals surface area (Å²) in [5, 5.41) is 0. The zero-order chi connectivity index (χ0) is 20.7. The lowest BCUT2D eigenvalue weighted by Gasteiger charge is -2.35. The first-order valence-corrected chi connectivity index (χ1v) is 10.3. The zero-order valence-electron chi connectivity index (χ0n) is 17.3. The molecule has 6 nitrogen and oxygen atoms in total. The Kier molecular flexibility index (Phi) is 4.59. The van der Waals surface area contributed by atoms with Crippen LogP contribution < -0.4 is 4.74 Å². The molecule has 3 aromatic rings. The van der Waals surface area contributed by atoms with Gasteiger partial charge >= 0.3 is 0 Å². The smallest absolute Gasteiger partial charge is 0.253 e. The molecule has 1 aromatic heterocycles. The Morgan fingerprint density at radius 1 is 1.17 bits per heavy atom. The Morgan fingerprint density at radius 3 is 2.77 bits per heavy atom. The second-order valence-corrected chi connectivity index (χ2v) is 8.19. The second kappa shape index (κ2) is 7.29. The summed E-state index contributed by atoms with van der Waals surface area (Å²) in [4.78, 5) is 19.5. The standard InChI is InChI=1S/C24H25N3O3/c1-17-4-3-5-19(12-17)23(28)26-11-10-24(15-26)16-27-21(13-25-22(27)14-30-24)18-6-8-20(29-2)9-7-18/h3-9,12-13H,10-11,14-16H2,1-2H3/t24-/m1/s1. The Balaban J connectivity index is 1.38. The number of nitrogens with zero attached hydrogens (tertiary/aromatic N) is 3. The van der Waals surface area contributed by atoms with Crippen molar-refractivity contribution in [2.75, 3.05) is 20.2 Å². The predicted octanol–water partition coefficient (Wildman–Crippen LogP) is 3.68. The molecule has 1 amide bonds. The fourth-order valence-corrected chi connectivity index (χ4v) is 4.47. The SMILES string of the molecule is COc1ccc(-c2cnc3n2C[C@]2(CCN(C(=O)c4cccc(C)c4)C2)OC3)cc1. The number of amides is 1. The third-order valence-electron chi connectivity index (χ3n) is 6.15. The molecule has 0 saturated carbocycles. The maximum atomic E-state index is 13.0. The lowest BCUT2D eigenvalue weighted by atomic mass is 10.0. The maximum absolute atomic E-state index is 13.0. The van der Waals surface area contributed by atoms with Crippen LogP contribution in [0.25, 0.3) is 11.3 Å². The van der Waals surface area contributed by atoms with Gasteiger partial charge in [-0.1, -0.05) is 17.7 Å². The van der Waals surface area contributed by atoms with Gasteiger partial charge in [0, 0.05) is 17.7 Å². The Morgan fingerprint density at radius 2 is 2.00 bits per heavy atom. The number of methoxy groups -OCH3 is 1. The summed E-state index contributed by atoms with van der Waals surface area (Å²) in [5.41, 5.74) is 3.63. The van der Waals surface area contributed by atoms with Gasteiger partial charge < -0.3 is 18.9 Å². The average molecular weight is 403 g/mol. The van der Waals surface area contributed by atoms with Crippen LogP contribution >= 0.6 is 0 Å². The largest absolute Gasteiger partial charge is 0.497 e. The summed E-state index contributed by atoms with van der Waals surface area (Å²) in [6, 6.07) is 15.8. The van der Waals surface area contributed by atoms with Crippen LogP contribution in [0.2, 0.25) is 0 Å². The van der Waals surface area contributed by atoms with Gasteiger partial charge in [0.1, 0.15) is 23.8 Å². The van der Waals surface area contributed by atoms with Crippen LogP contribution in [0.3, 0.4) is 0 Å². The van der Waals surface area contributed by atoms with E-state index in [1.807, 2.05) is 66.6 Å². The summed E-state index contributed by atoms with van der Waals surface area (Å²) in [6.45, 7) is 4.46. The normalized spacial score (nSPS) is 20.4. The Labute approximate surface area is 176 Å². The quantitative estimate of drug-likeness (QED) is 0.669. The van der Waals surface area contributed by atoms with E-state index >= 15 is 0 Å². The predicted molar refractivity (Wildman–Crippen MR) is 113 cm³/mol. The van der Waals surface area contributed by atoms with Crippen LogP contribution in [0.1, 0.15) is 28.2 Å². The number of likely N-dealkylation sites (tertiary alicyclic amines) is 1. The van der Waals surface area contributed by atoms with Gasteiger partial charge in [-0.2, -0.15) is 0 Å². The minimum Gasteiger partial charge on any atom is -0.497 e. The topological polar surface area (TPSA) is 56.6 Å². The molecule has 0 aliphatic carbocycles. The van der Waals surface area contributed by atoms with E-state index in [1.54, 1.807) is 7.11 Å². The molecule has 5 rings (SSSR count). The molecule has 154 valence electrons. The number of hydrogen-bond acceptors (Lipinski definition) is 4. The van der Waals surface area contributed by atoms with E-state index in [9.17, 15) is 4.79 Å². The molecule has 0 radical (unpaired) electrons. The molecule has 0 N–H and O–H groups in total. The average Bonchev–Trinajstić information content (AvgIpc) is 3.38. The van der Waals surface area contributed by atoms with Crippen molar-refractivity contribution >= 4 is 5.91 Å². The Bertz CT molecular complexity index is 1090. The van der Waals surface area contributed by atoms with Crippen LogP contribution in [0.4, 0.5) is 0 Å². The van der Waals surface area contributed by atoms with E-state index in [4.69, 9.17) is 9.47 Å². The summed E-state index contributed by atoms with van der Waals surface area (Å²) in [6.07, 6.45) is 2.73. The lowest BCUT2D eigenvalue weighted by Crippen LogP contribution is -2.45. The second-order valence-electron chi connectivity index (χ2n) is 8.19. The van der Waals surface area contributed by atoms with Gasteiger partial charge in [0.2, 0.25) is 0 Å². The highest BCUT2D eigenvalue weighted by Gasteiger charge is 2.44. The van der Waals surface area contributed by atoms with Crippen molar-refractivity contribution < 1.29 is 14.3 Å². The fourth-order valence-electron chi connectivity index (χ4n) is 4.47. The number of carbonyl (C=O) groups is 1. The number of carbonyl (C=O) groups excluding carboxylic acids is 1. The third-order valence-corrected chi connectivity index (χ3v) is 6.15. The van der Waals surface area contributed by atoms with E-state index in [0.717, 1.165) is 40.4 Å². The molecule has 2 aromatic carbocycles. The van der Waals surface area contributed by atoms with Crippen LogP contribution in [0.15, 0.2) is 54.7 Å². The van der Waals surface area contributed by atoms with Gasteiger partial charge in [-0.25, -0.2) is 4.98 Å². The highest BCUT2D eigenvalue weighted by molar-refractivity contribution is 5.94. The first kappa shape index (κ1) is 18.9. The van der Waals surface area contributed by atoms with Crippen molar-refractivity contribution in [1.29, 1.82) is 0 Å². The molecule has 2 aliphatic heterocycles. The van der Waals surface area contributed by atoms with Gasteiger partial charge in [-0.15, -0.1) is 0 Å². The monoisotopic (exact) mass is 403 g/mol. The van der Waals surface area contributed by atoms with E-state index < -0.39 is 0 Å². The molecular weight excluding hydrogens is 378 g/mol. The number of aromatic nitrogens is 2. The number of hydrogen-bond donors (Lipinski definition) is 0. The number of imidazole rings is 1. The minimum atomic E-state index is -0.367. The third kappa shape index (κ3) is 3.27. The van der Waals surface area contributed by atoms with E-state index in [1.165, 1.54) is 0 Å². The number of aryl methyl sites for hydroxylation is 1. The van der Waals surface area contributed by atoms with E-state index in [2.05, 4.69) is 9.55 Å². The summed E-state index contributed by atoms with van der Waals surface area (Å²) in [7, 11) is 1.67. The molecule has 1 atom stereocenters. The number of rotatable bonds is 3. The molecule has 0 bridgehead atoms. The summed E-state index contributed by atoms with van der Waals surface area (Å²) < 4.78 is 13.8. The van der Waals surface area contributed by atoms with Crippen LogP contribution in [-0.4, -0.2) is 46.2 Å². The van der Waals surface area contributed by atoms with Gasteiger partial charge in [0.15, 0.2) is 0 Å². The van der Waals surface area contributed by atoms with Crippen molar-refractivity contribution in [3.8, 4) is 17.0 Å². The van der Waals surface area contributed by atoms with Gasteiger partial charge in [-0.3, -0.25) is 4.79 Å². The molecule has 3 heterocycles. The van der Waals surface area contributed by atoms with Crippen molar-refractivity contribution in [1.82, 2.24) is 14.5 Å². The van der Waals surface area contributed by atoms with E-state index in [0.29, 0.717) is 26.2 Å². The number of fused-ring (bicyclic) bond motifs is 1. The fraction of sp³-hybridized carbons (Fsp3) is 0.333. The van der Waals surface area contributed by atoms with Crippen molar-refractivity contribution in [3.63, 3.8) is 0 Å². The summed E-state index contributed by atoms with van der Waals surface area (Å²) in [5.74, 6) is 1.83. The van der Waals surface area contributed by atoms with Gasteiger partial charge in [0.05, 0.1) is 32.1 Å². The highest BCUT2D eigenvalue weighted by atomic mass is 16.5. The zero-order valence-corrected chi connectivity index (χ0v) is 17.3. The lowest BCUT2D eigenvalue weighted by molar-refractivity contribution is -0.0804. The van der Waals surface area contributed by atoms with Crippen LogP contribution in [0, 0.1) is 6.92 Å². The van der Waals surface area contributed by atoms with Gasteiger partial charge in [-0.05, 0) is 49.7 Å². The molecular formula is C24H25N3O3. The van der Waals surface area contributed by atoms with Crippen molar-refractivity contribution in [2.24, 2.45) is 0 Å². The first-order chi connectivity index (χ1) is 14.6.